The maximum absolute atomic E-state index is 12.8. The smallest absolute Gasteiger partial charge is 0.225 e. The number of carbonyl (C=O) groups excluding carboxylic acids is 1. The number of aliphatic hydroxyl groups is 1. The van der Waals surface area contributed by atoms with Crippen molar-refractivity contribution in [3.8, 4) is 0 Å². The van der Waals surface area contributed by atoms with E-state index in [1.54, 1.807) is 25.7 Å². The average Bonchev–Trinajstić information content (AvgIpc) is 3.01. The second-order valence-electron chi connectivity index (χ2n) is 7.08. The fourth-order valence-electron chi connectivity index (χ4n) is 3.82. The Morgan fingerprint density at radius 3 is 2.80 bits per heavy atom. The Labute approximate surface area is 149 Å². The van der Waals surface area contributed by atoms with Gasteiger partial charge in [0.1, 0.15) is 0 Å². The van der Waals surface area contributed by atoms with Crippen LogP contribution in [0.5, 0.6) is 0 Å². The summed E-state index contributed by atoms with van der Waals surface area (Å²) in [4.78, 5) is 25.4. The van der Waals surface area contributed by atoms with Crippen molar-refractivity contribution in [1.29, 1.82) is 0 Å². The zero-order chi connectivity index (χ0) is 17.6. The van der Waals surface area contributed by atoms with Gasteiger partial charge in [-0.15, -0.1) is 0 Å². The lowest BCUT2D eigenvalue weighted by molar-refractivity contribution is -0.136. The summed E-state index contributed by atoms with van der Waals surface area (Å²) in [6.45, 7) is 4.60. The lowest BCUT2D eigenvalue weighted by atomic mass is 9.95. The molecule has 7 nitrogen and oxygen atoms in total. The zero-order valence-electron chi connectivity index (χ0n) is 14.9. The third kappa shape index (κ3) is 4.74. The second kappa shape index (κ2) is 8.69. The molecule has 1 amide bonds. The molecule has 7 heteroatoms. The number of likely N-dealkylation sites (tertiary alicyclic amines) is 2. The fraction of sp³-hybridized carbons (Fsp3) is 0.722. The monoisotopic (exact) mass is 348 g/mol. The molecule has 2 atom stereocenters. The van der Waals surface area contributed by atoms with Crippen LogP contribution in [0.3, 0.4) is 0 Å². The van der Waals surface area contributed by atoms with Crippen LogP contribution in [-0.2, 0) is 16.0 Å². The van der Waals surface area contributed by atoms with Crippen LogP contribution in [0.2, 0.25) is 0 Å². The summed E-state index contributed by atoms with van der Waals surface area (Å²) in [6.07, 6.45) is 7.00. The number of β-amino-alcohol motifs (C(OH)–C–C–N with tert-alkyl or cyclic N) is 1. The zero-order valence-corrected chi connectivity index (χ0v) is 14.9. The molecule has 0 bridgehead atoms. The molecule has 25 heavy (non-hydrogen) atoms. The van der Waals surface area contributed by atoms with E-state index >= 15 is 0 Å². The van der Waals surface area contributed by atoms with Gasteiger partial charge in [0.2, 0.25) is 5.91 Å². The Hall–Kier alpha value is -1.57. The normalized spacial score (nSPS) is 25.4. The quantitative estimate of drug-likeness (QED) is 0.791. The number of amides is 1. The molecule has 0 aromatic carbocycles. The highest BCUT2D eigenvalue weighted by Crippen LogP contribution is 2.26. The van der Waals surface area contributed by atoms with Crippen LogP contribution in [-0.4, -0.2) is 83.3 Å². The largest absolute Gasteiger partial charge is 0.391 e. The highest BCUT2D eigenvalue weighted by molar-refractivity contribution is 5.79. The number of aromatic nitrogens is 2. The lowest BCUT2D eigenvalue weighted by Crippen LogP contribution is -2.43. The molecule has 0 radical (unpaired) electrons. The molecule has 0 aliphatic carbocycles. The van der Waals surface area contributed by atoms with Crippen LogP contribution in [0.15, 0.2) is 18.6 Å². The van der Waals surface area contributed by atoms with Crippen molar-refractivity contribution in [2.45, 2.75) is 25.4 Å². The van der Waals surface area contributed by atoms with E-state index in [9.17, 15) is 9.90 Å². The molecule has 3 rings (SSSR count). The molecule has 0 unspecified atom stereocenters. The predicted molar refractivity (Wildman–Crippen MR) is 92.9 cm³/mol. The van der Waals surface area contributed by atoms with E-state index < -0.39 is 6.10 Å². The molecule has 0 saturated carbocycles. The number of hydrogen-bond donors (Lipinski definition) is 1. The van der Waals surface area contributed by atoms with Gasteiger partial charge in [-0.3, -0.25) is 14.8 Å². The summed E-state index contributed by atoms with van der Waals surface area (Å²) in [5, 5.41) is 10.3. The van der Waals surface area contributed by atoms with Crippen molar-refractivity contribution >= 4 is 5.91 Å². The van der Waals surface area contributed by atoms with Gasteiger partial charge in [0.15, 0.2) is 0 Å². The number of hydrogen-bond acceptors (Lipinski definition) is 6. The van der Waals surface area contributed by atoms with E-state index in [0.29, 0.717) is 19.5 Å². The highest BCUT2D eigenvalue weighted by atomic mass is 16.5. The van der Waals surface area contributed by atoms with E-state index in [0.717, 1.165) is 44.8 Å². The van der Waals surface area contributed by atoms with Gasteiger partial charge in [-0.1, -0.05) is 0 Å². The van der Waals surface area contributed by atoms with Crippen LogP contribution in [0, 0.1) is 11.8 Å². The highest BCUT2D eigenvalue weighted by Gasteiger charge is 2.37. The number of methoxy groups -OCH3 is 1. The molecule has 1 aromatic rings. The van der Waals surface area contributed by atoms with Crippen LogP contribution in [0.1, 0.15) is 18.5 Å². The summed E-state index contributed by atoms with van der Waals surface area (Å²) in [7, 11) is 1.71. The van der Waals surface area contributed by atoms with Gasteiger partial charge in [-0.05, 0) is 32.4 Å². The number of carbonyl (C=O) groups is 1. The van der Waals surface area contributed by atoms with E-state index in [1.165, 1.54) is 0 Å². The Bertz CT molecular complexity index is 549. The SMILES string of the molecule is COCCN1CCC(C(=O)N2C[C@@H](Cc3cnccn3)[C@H](O)C2)CC1. The van der Waals surface area contributed by atoms with Gasteiger partial charge >= 0.3 is 0 Å². The second-order valence-corrected chi connectivity index (χ2v) is 7.08. The molecule has 1 aromatic heterocycles. The van der Waals surface area contributed by atoms with E-state index in [1.807, 2.05) is 4.90 Å². The first-order valence-corrected chi connectivity index (χ1v) is 9.10. The van der Waals surface area contributed by atoms with Crippen molar-refractivity contribution in [3.63, 3.8) is 0 Å². The first-order chi connectivity index (χ1) is 12.2. The minimum absolute atomic E-state index is 0.0439. The number of piperidine rings is 1. The van der Waals surface area contributed by atoms with Gasteiger partial charge in [0.25, 0.3) is 0 Å². The van der Waals surface area contributed by atoms with Crippen LogP contribution in [0.25, 0.3) is 0 Å². The van der Waals surface area contributed by atoms with Crippen molar-refractivity contribution < 1.29 is 14.6 Å². The van der Waals surface area contributed by atoms with E-state index in [2.05, 4.69) is 14.9 Å². The van der Waals surface area contributed by atoms with E-state index in [-0.39, 0.29) is 17.7 Å². The minimum atomic E-state index is -0.479. The predicted octanol–water partition coefficient (Wildman–Crippen LogP) is 0.197. The van der Waals surface area contributed by atoms with Crippen LogP contribution < -0.4 is 0 Å². The molecular weight excluding hydrogens is 320 g/mol. The standard InChI is InChI=1S/C18H28N4O3/c1-25-9-8-21-6-2-14(3-7-21)18(24)22-12-15(17(23)13-22)10-16-11-19-4-5-20-16/h4-5,11,14-15,17,23H,2-3,6-10,12-13H2,1H3/t15-,17-/m1/s1. The van der Waals surface area contributed by atoms with Gasteiger partial charge in [0, 0.05) is 57.2 Å². The minimum Gasteiger partial charge on any atom is -0.391 e. The topological polar surface area (TPSA) is 78.8 Å². The van der Waals surface area contributed by atoms with Crippen molar-refractivity contribution in [2.24, 2.45) is 11.8 Å². The van der Waals surface area contributed by atoms with Crippen LogP contribution >= 0.6 is 0 Å². The first-order valence-electron chi connectivity index (χ1n) is 9.10. The summed E-state index contributed by atoms with van der Waals surface area (Å²) >= 11 is 0. The fourth-order valence-corrected chi connectivity index (χ4v) is 3.82. The maximum atomic E-state index is 12.8. The van der Waals surface area contributed by atoms with Crippen LogP contribution in [0.4, 0.5) is 0 Å². The van der Waals surface area contributed by atoms with Gasteiger partial charge < -0.3 is 19.6 Å². The number of aliphatic hydroxyl groups excluding tert-OH is 1. The summed E-state index contributed by atoms with van der Waals surface area (Å²) in [5.74, 6) is 0.329. The summed E-state index contributed by atoms with van der Waals surface area (Å²) < 4.78 is 5.12. The van der Waals surface area contributed by atoms with Crippen molar-refractivity contribution in [1.82, 2.24) is 19.8 Å². The molecule has 1 N–H and O–H groups in total. The molecule has 2 aliphatic rings. The maximum Gasteiger partial charge on any atom is 0.225 e. The lowest BCUT2D eigenvalue weighted by Gasteiger charge is -2.33. The Morgan fingerprint density at radius 2 is 2.12 bits per heavy atom. The van der Waals surface area contributed by atoms with Crippen molar-refractivity contribution in [3.05, 3.63) is 24.3 Å². The molecule has 2 saturated heterocycles. The molecule has 2 fully saturated rings. The van der Waals surface area contributed by atoms with Gasteiger partial charge in [-0.25, -0.2) is 0 Å². The molecular formula is C18H28N4O3. The Morgan fingerprint density at radius 1 is 1.32 bits per heavy atom. The molecule has 0 spiro atoms. The van der Waals surface area contributed by atoms with Gasteiger partial charge in [-0.2, -0.15) is 0 Å². The van der Waals surface area contributed by atoms with Gasteiger partial charge in [0.05, 0.1) is 18.4 Å². The summed E-state index contributed by atoms with van der Waals surface area (Å²) in [5.41, 5.74) is 0.868. The molecule has 3 heterocycles. The van der Waals surface area contributed by atoms with Crippen molar-refractivity contribution in [2.75, 3.05) is 46.4 Å². The average molecular weight is 348 g/mol. The Balaban J connectivity index is 1.49. The third-order valence-corrected chi connectivity index (χ3v) is 5.35. The Kier molecular flexibility index (Phi) is 6.34. The molecule has 2 aliphatic heterocycles. The first kappa shape index (κ1) is 18.2. The number of rotatable bonds is 6. The van der Waals surface area contributed by atoms with E-state index in [4.69, 9.17) is 4.74 Å². The molecule has 138 valence electrons. The third-order valence-electron chi connectivity index (χ3n) is 5.35. The number of nitrogens with zero attached hydrogens (tertiary/aromatic N) is 4. The summed E-state index contributed by atoms with van der Waals surface area (Å²) in [6, 6.07) is 0. The number of ether oxygens (including phenoxy) is 1.